The van der Waals surface area contributed by atoms with Gasteiger partial charge in [-0.2, -0.15) is 0 Å². The number of urea groups is 1. The van der Waals surface area contributed by atoms with Crippen LogP contribution in [0.3, 0.4) is 0 Å². The molecule has 3 saturated heterocycles. The van der Waals surface area contributed by atoms with Crippen LogP contribution in [0.15, 0.2) is 120 Å². The van der Waals surface area contributed by atoms with Crippen LogP contribution >= 0.6 is 0 Å². The van der Waals surface area contributed by atoms with Crippen molar-refractivity contribution in [2.75, 3.05) is 88.7 Å². The molecule has 5 aromatic rings. The van der Waals surface area contributed by atoms with Crippen LogP contribution in [0.5, 0.6) is 0 Å². The fraction of sp³-hybridized carbons (Fsp3) is 0.441. The lowest BCUT2D eigenvalue weighted by Crippen LogP contribution is -2.61. The molecule has 3 aromatic carbocycles. The van der Waals surface area contributed by atoms with Crippen LogP contribution in [-0.4, -0.2) is 169 Å². The van der Waals surface area contributed by atoms with E-state index in [2.05, 4.69) is 25.8 Å². The van der Waals surface area contributed by atoms with Gasteiger partial charge in [-0.05, 0) is 55.7 Å². The maximum Gasteiger partial charge on any atom is 0.323 e. The minimum Gasteiger partial charge on any atom is -0.480 e. The van der Waals surface area contributed by atoms with Gasteiger partial charge in [-0.25, -0.2) is 4.79 Å². The number of carbonyl (C=O) groups is 7. The van der Waals surface area contributed by atoms with Gasteiger partial charge in [0.2, 0.25) is 29.5 Å². The molecule has 0 bridgehead atoms. The monoisotopic (exact) mass is 1130 g/mol. The Kier molecular flexibility index (Phi) is 21.5. The van der Waals surface area contributed by atoms with Crippen molar-refractivity contribution >= 4 is 63.7 Å². The van der Waals surface area contributed by atoms with E-state index in [9.17, 15) is 43.5 Å². The number of nitrogens with two attached hydrogens (primary N) is 2. The van der Waals surface area contributed by atoms with Crippen molar-refractivity contribution in [2.24, 2.45) is 17.4 Å². The van der Waals surface area contributed by atoms with Crippen molar-refractivity contribution in [3.05, 3.63) is 137 Å². The van der Waals surface area contributed by atoms with Crippen LogP contribution in [0.4, 0.5) is 16.2 Å². The van der Waals surface area contributed by atoms with E-state index in [0.717, 1.165) is 45.1 Å². The number of nitrogens with zero attached hydrogens (tertiary/aromatic N) is 6. The number of benzene rings is 3. The van der Waals surface area contributed by atoms with E-state index < -0.39 is 83.9 Å². The molecular formula is C59H73N11O12. The number of carboxylic acids is 1. The number of rotatable bonds is 26. The third kappa shape index (κ3) is 16.0. The van der Waals surface area contributed by atoms with Crippen molar-refractivity contribution in [1.82, 2.24) is 35.3 Å². The Labute approximate surface area is 475 Å². The predicted octanol–water partition coefficient (Wildman–Crippen LogP) is 2.54. The molecule has 0 saturated carbocycles. The summed E-state index contributed by atoms with van der Waals surface area (Å²) in [4.78, 5) is 117. The third-order valence-electron chi connectivity index (χ3n) is 15.0. The molecule has 3 fully saturated rings. The van der Waals surface area contributed by atoms with Crippen LogP contribution in [0.1, 0.15) is 62.1 Å². The van der Waals surface area contributed by atoms with Crippen molar-refractivity contribution in [3.63, 3.8) is 0 Å². The zero-order chi connectivity index (χ0) is 58.0. The molecule has 2 aromatic heterocycles. The van der Waals surface area contributed by atoms with Crippen LogP contribution in [-0.2, 0) is 49.5 Å². The number of aromatic nitrogens is 2. The number of hydrogen-bond acceptors (Lipinski definition) is 14. The highest BCUT2D eigenvalue weighted by Gasteiger charge is 2.45. The molecule has 1 unspecified atom stereocenters. The summed E-state index contributed by atoms with van der Waals surface area (Å²) in [6, 6.07) is 24.9. The second-order valence-corrected chi connectivity index (χ2v) is 20.6. The number of anilines is 2. The second-order valence-electron chi connectivity index (χ2n) is 20.6. The summed E-state index contributed by atoms with van der Waals surface area (Å²) in [6.07, 6.45) is 7.38. The average molecular weight is 1130 g/mol. The van der Waals surface area contributed by atoms with E-state index in [1.807, 2.05) is 97.3 Å². The van der Waals surface area contributed by atoms with E-state index >= 15 is 0 Å². The maximum absolute atomic E-state index is 14.4. The van der Waals surface area contributed by atoms with Gasteiger partial charge in [0.15, 0.2) is 0 Å². The molecule has 23 nitrogen and oxygen atoms in total. The minimum atomic E-state index is -1.19. The molecule has 82 heavy (non-hydrogen) atoms. The fourth-order valence-corrected chi connectivity index (χ4v) is 10.9. The van der Waals surface area contributed by atoms with Crippen LogP contribution in [0.25, 0.3) is 10.8 Å². The first-order chi connectivity index (χ1) is 39.7. The number of nitrogens with one attached hydrogen (secondary N) is 3. The SMILES string of the molecule is NC(=O)CCC(NC(=O)[C@@H]1CC[C@@H]2CCN(C(=O)NCCOCCOCCOCCN(C(=O)[C@H]3CCCN(c4cncc5ccccc45)C3)c3ccc(=O)n(CC(=O)O)c3)C[C@H](N)C(=O)N21)C(=O)NC(c1ccccc1)c1ccccc1. The lowest BCUT2D eigenvalue weighted by Gasteiger charge is -2.37. The van der Waals surface area contributed by atoms with Crippen LogP contribution < -0.4 is 42.8 Å². The molecule has 3 aliphatic heterocycles. The fourth-order valence-electron chi connectivity index (χ4n) is 10.9. The molecular weight excluding hydrogens is 1050 g/mol. The topological polar surface area (TPSA) is 303 Å². The Morgan fingerprint density at radius 3 is 2.15 bits per heavy atom. The highest BCUT2D eigenvalue weighted by molar-refractivity contribution is 5.97. The first-order valence-corrected chi connectivity index (χ1v) is 27.9. The summed E-state index contributed by atoms with van der Waals surface area (Å²) in [5.74, 6) is -3.95. The summed E-state index contributed by atoms with van der Waals surface area (Å²) < 4.78 is 18.3. The van der Waals surface area contributed by atoms with E-state index in [-0.39, 0.29) is 84.6 Å². The van der Waals surface area contributed by atoms with Crippen molar-refractivity contribution < 1.29 is 52.9 Å². The van der Waals surface area contributed by atoms with Gasteiger partial charge in [-0.1, -0.05) is 84.9 Å². The van der Waals surface area contributed by atoms with Gasteiger partial charge in [0.05, 0.1) is 69.2 Å². The number of aliphatic carboxylic acids is 1. The Balaban J connectivity index is 0.747. The number of carboxylic acid groups (broad SMARTS) is 1. The molecule has 8 rings (SSSR count). The third-order valence-corrected chi connectivity index (χ3v) is 15.0. The van der Waals surface area contributed by atoms with E-state index in [1.54, 1.807) is 4.90 Å². The smallest absolute Gasteiger partial charge is 0.323 e. The average Bonchev–Trinajstić information content (AvgIpc) is 4.10. The maximum atomic E-state index is 14.4. The first kappa shape index (κ1) is 59.9. The Morgan fingerprint density at radius 2 is 1.44 bits per heavy atom. The Morgan fingerprint density at radius 1 is 0.756 bits per heavy atom. The summed E-state index contributed by atoms with van der Waals surface area (Å²) in [5, 5.41) is 20.2. The summed E-state index contributed by atoms with van der Waals surface area (Å²) >= 11 is 0. The molecule has 3 aliphatic rings. The molecule has 0 spiro atoms. The Hall–Kier alpha value is -8.25. The number of hydrogen-bond donors (Lipinski definition) is 6. The number of piperidine rings is 1. The lowest BCUT2D eigenvalue weighted by molar-refractivity contribution is -0.143. The zero-order valence-electron chi connectivity index (χ0n) is 45.9. The lowest BCUT2D eigenvalue weighted by atomic mass is 9.95. The highest BCUT2D eigenvalue weighted by Crippen LogP contribution is 2.32. The molecule has 5 atom stereocenters. The highest BCUT2D eigenvalue weighted by atomic mass is 16.5. The molecule has 23 heteroatoms. The van der Waals surface area contributed by atoms with Gasteiger partial charge in [0.1, 0.15) is 24.7 Å². The minimum absolute atomic E-state index is 0.0586. The molecule has 8 N–H and O–H groups in total. The van der Waals surface area contributed by atoms with Gasteiger partial charge in [0, 0.05) is 81.0 Å². The normalized spacial score (nSPS) is 18.5. The summed E-state index contributed by atoms with van der Waals surface area (Å²) in [6.45, 7) is 2.34. The van der Waals surface area contributed by atoms with Crippen molar-refractivity contribution in [3.8, 4) is 0 Å². The van der Waals surface area contributed by atoms with Crippen LogP contribution in [0.2, 0.25) is 0 Å². The first-order valence-electron chi connectivity index (χ1n) is 27.9. The molecule has 7 amide bonds. The number of pyridine rings is 2. The molecule has 5 heterocycles. The van der Waals surface area contributed by atoms with Gasteiger partial charge in [0.25, 0.3) is 5.56 Å². The number of carbonyl (C=O) groups excluding carboxylic acids is 6. The number of ether oxygens (including phenoxy) is 3. The van der Waals surface area contributed by atoms with Crippen molar-refractivity contribution in [1.29, 1.82) is 0 Å². The van der Waals surface area contributed by atoms with Gasteiger partial charge in [-0.15, -0.1) is 0 Å². The van der Waals surface area contributed by atoms with E-state index in [1.165, 1.54) is 28.1 Å². The van der Waals surface area contributed by atoms with E-state index in [0.29, 0.717) is 37.9 Å². The summed E-state index contributed by atoms with van der Waals surface area (Å²) in [7, 11) is 0. The van der Waals surface area contributed by atoms with Gasteiger partial charge < -0.3 is 70.9 Å². The van der Waals surface area contributed by atoms with Gasteiger partial charge >= 0.3 is 12.0 Å². The predicted molar refractivity (Wildman–Crippen MR) is 304 cm³/mol. The second kappa shape index (κ2) is 29.5. The number of primary amides is 1. The summed E-state index contributed by atoms with van der Waals surface area (Å²) in [5.41, 5.74) is 14.4. The molecule has 436 valence electrons. The quantitative estimate of drug-likeness (QED) is 0.0434. The molecule has 0 aliphatic carbocycles. The van der Waals surface area contributed by atoms with Crippen LogP contribution in [0, 0.1) is 5.92 Å². The Bertz CT molecular complexity index is 3010. The molecule has 0 radical (unpaired) electrons. The largest absolute Gasteiger partial charge is 0.480 e. The van der Waals surface area contributed by atoms with Gasteiger partial charge in [-0.3, -0.25) is 38.5 Å². The number of amides is 7. The zero-order valence-corrected chi connectivity index (χ0v) is 45.9. The van der Waals surface area contributed by atoms with Crippen molar-refractivity contribution in [2.45, 2.75) is 81.7 Å². The number of fused-ring (bicyclic) bond motifs is 2. The standard InChI is InChI=1S/C59H73N11O12/c60-47-38-67(26-23-44-17-20-49(70(44)58(47)78)56(76)64-48(19-21-51(61)71)55(75)65-54(40-10-3-1-4-11-40)41-12-5-2-6-13-41)59(79)63-24-28-80-30-32-82-33-31-81-29-27-69(45-18-22-52(72)68(37-45)39-53(73)74)57(77)43-15-9-25-66(36-43)50-35-62-34-42-14-7-8-16-46(42)50/h1-8,10-14,16,18,22,34-35,37,43-44,47-49,54H,9,15,17,19-21,23-33,36,38-39,60H2,(H2,61,71)(H,63,79)(H,64,76)(H,65,75)(H,73,74)/t43-,44+,47-,48?,49-/m0/s1. The van der Waals surface area contributed by atoms with E-state index in [4.69, 9.17) is 25.7 Å².